The zero-order valence-electron chi connectivity index (χ0n) is 10.6. The fourth-order valence-electron chi connectivity index (χ4n) is 1.27. The van der Waals surface area contributed by atoms with E-state index >= 15 is 0 Å². The summed E-state index contributed by atoms with van der Waals surface area (Å²) in [6.45, 7) is 7.71. The predicted octanol–water partition coefficient (Wildman–Crippen LogP) is 1.90. The molecular weight excluding hydrogens is 238 g/mol. The van der Waals surface area contributed by atoms with Crippen LogP contribution in [0.1, 0.15) is 29.2 Å². The maximum absolute atomic E-state index is 10.8. The molecule has 6 heteroatoms. The van der Waals surface area contributed by atoms with Crippen LogP contribution in [0.4, 0.5) is 5.13 Å². The first kappa shape index (κ1) is 13.9. The Bertz CT molecular complexity index is 390. The first-order chi connectivity index (χ1) is 7.91. The van der Waals surface area contributed by atoms with Crippen LogP contribution in [0.3, 0.4) is 0 Å². The summed E-state index contributed by atoms with van der Waals surface area (Å²) >= 11 is 1.38. The molecule has 0 atom stereocenters. The lowest BCUT2D eigenvalue weighted by Crippen LogP contribution is -2.31. The van der Waals surface area contributed by atoms with Crippen molar-refractivity contribution in [3.63, 3.8) is 0 Å². The minimum atomic E-state index is -0.967. The van der Waals surface area contributed by atoms with Crippen LogP contribution in [0.2, 0.25) is 0 Å². The van der Waals surface area contributed by atoms with Crippen molar-refractivity contribution in [1.82, 2.24) is 9.88 Å². The molecule has 17 heavy (non-hydrogen) atoms. The minimum absolute atomic E-state index is 0.148. The highest BCUT2D eigenvalue weighted by Crippen LogP contribution is 2.21. The number of carbonyl (C=O) groups is 1. The molecule has 0 saturated heterocycles. The zero-order chi connectivity index (χ0) is 13.0. The van der Waals surface area contributed by atoms with Crippen molar-refractivity contribution in [3.05, 3.63) is 10.6 Å². The van der Waals surface area contributed by atoms with E-state index < -0.39 is 5.97 Å². The van der Waals surface area contributed by atoms with Crippen molar-refractivity contribution >= 4 is 22.4 Å². The van der Waals surface area contributed by atoms with E-state index in [0.29, 0.717) is 11.2 Å². The molecular formula is C11H19N3O2S. The topological polar surface area (TPSA) is 65.5 Å². The lowest BCUT2D eigenvalue weighted by atomic mass is 10.3. The number of likely N-dealkylation sites (N-methyl/N-ethyl adjacent to an activating group) is 1. The Balaban J connectivity index is 2.48. The Hall–Kier alpha value is -1.14. The first-order valence-corrected chi connectivity index (χ1v) is 6.38. The van der Waals surface area contributed by atoms with Crippen molar-refractivity contribution in [2.75, 3.05) is 25.5 Å². The Kier molecular flexibility index (Phi) is 4.89. The molecule has 2 N–H and O–H groups in total. The summed E-state index contributed by atoms with van der Waals surface area (Å²) in [5.74, 6) is -0.967. The number of hydrogen-bond donors (Lipinski definition) is 2. The van der Waals surface area contributed by atoms with Crippen LogP contribution in [0.5, 0.6) is 0 Å². The van der Waals surface area contributed by atoms with Gasteiger partial charge in [-0.15, -0.1) is 11.3 Å². The van der Waals surface area contributed by atoms with E-state index in [2.05, 4.69) is 36.1 Å². The highest BCUT2D eigenvalue weighted by Gasteiger charge is 2.13. The third-order valence-electron chi connectivity index (χ3n) is 2.62. The second-order valence-electron chi connectivity index (χ2n) is 4.23. The van der Waals surface area contributed by atoms with Crippen LogP contribution >= 0.6 is 11.3 Å². The summed E-state index contributed by atoms with van der Waals surface area (Å²) in [6, 6.07) is 0.504. The molecule has 1 rings (SSSR count). The number of nitrogens with zero attached hydrogens (tertiary/aromatic N) is 2. The molecule has 0 unspecified atom stereocenters. The Morgan fingerprint density at radius 2 is 2.24 bits per heavy atom. The largest absolute Gasteiger partial charge is 0.476 e. The first-order valence-electron chi connectivity index (χ1n) is 5.56. The summed E-state index contributed by atoms with van der Waals surface area (Å²) in [5, 5.41) is 12.7. The molecule has 0 aliphatic rings. The molecule has 1 aromatic heterocycles. The number of aromatic nitrogens is 1. The predicted molar refractivity (Wildman–Crippen MR) is 70.1 cm³/mol. The lowest BCUT2D eigenvalue weighted by Gasteiger charge is -2.20. The van der Waals surface area contributed by atoms with Crippen LogP contribution in [-0.4, -0.2) is 47.1 Å². The molecule has 0 fully saturated rings. The molecule has 5 nitrogen and oxygen atoms in total. The molecule has 1 heterocycles. The van der Waals surface area contributed by atoms with Gasteiger partial charge in [0.2, 0.25) is 0 Å². The molecule has 0 saturated carbocycles. The van der Waals surface area contributed by atoms with Gasteiger partial charge in [0.1, 0.15) is 0 Å². The SMILES string of the molecule is Cc1sc(NCCN(C)C(C)C)nc1C(=O)O. The van der Waals surface area contributed by atoms with E-state index in [-0.39, 0.29) is 5.69 Å². The Morgan fingerprint density at radius 3 is 2.71 bits per heavy atom. The van der Waals surface area contributed by atoms with Crippen LogP contribution in [0, 0.1) is 6.92 Å². The normalized spacial score (nSPS) is 11.2. The van der Waals surface area contributed by atoms with Gasteiger partial charge in [-0.25, -0.2) is 9.78 Å². The molecule has 0 aliphatic heterocycles. The number of carboxylic acid groups (broad SMARTS) is 1. The zero-order valence-corrected chi connectivity index (χ0v) is 11.5. The second kappa shape index (κ2) is 5.97. The molecule has 0 aliphatic carbocycles. The van der Waals surface area contributed by atoms with Crippen molar-refractivity contribution in [3.8, 4) is 0 Å². The third-order valence-corrected chi connectivity index (χ3v) is 3.55. The maximum atomic E-state index is 10.8. The number of aryl methyl sites for hydroxylation is 1. The van der Waals surface area contributed by atoms with Crippen LogP contribution in [-0.2, 0) is 0 Å². The van der Waals surface area contributed by atoms with Crippen molar-refractivity contribution in [1.29, 1.82) is 0 Å². The van der Waals surface area contributed by atoms with Crippen LogP contribution in [0.15, 0.2) is 0 Å². The molecule has 1 aromatic rings. The van der Waals surface area contributed by atoms with Gasteiger partial charge in [-0.05, 0) is 27.8 Å². The molecule has 96 valence electrons. The standard InChI is InChI=1S/C11H19N3O2S/c1-7(2)14(4)6-5-12-11-13-9(10(15)16)8(3)17-11/h7H,5-6H2,1-4H3,(H,12,13)(H,15,16). The Morgan fingerprint density at radius 1 is 1.59 bits per heavy atom. The fourth-order valence-corrected chi connectivity index (χ4v) is 2.10. The highest BCUT2D eigenvalue weighted by atomic mass is 32.1. The highest BCUT2D eigenvalue weighted by molar-refractivity contribution is 7.15. The summed E-state index contributed by atoms with van der Waals surface area (Å²) < 4.78 is 0. The monoisotopic (exact) mass is 257 g/mol. The number of hydrogen-bond acceptors (Lipinski definition) is 5. The van der Waals surface area contributed by atoms with Gasteiger partial charge in [-0.3, -0.25) is 0 Å². The maximum Gasteiger partial charge on any atom is 0.355 e. The van der Waals surface area contributed by atoms with E-state index in [0.717, 1.165) is 18.0 Å². The minimum Gasteiger partial charge on any atom is -0.476 e. The molecule has 0 aromatic carbocycles. The number of anilines is 1. The smallest absolute Gasteiger partial charge is 0.355 e. The van der Waals surface area contributed by atoms with E-state index in [1.165, 1.54) is 11.3 Å². The van der Waals surface area contributed by atoms with Gasteiger partial charge in [0.15, 0.2) is 10.8 Å². The van der Waals surface area contributed by atoms with Gasteiger partial charge in [0, 0.05) is 24.0 Å². The van der Waals surface area contributed by atoms with Crippen molar-refractivity contribution < 1.29 is 9.90 Å². The van der Waals surface area contributed by atoms with Crippen molar-refractivity contribution in [2.45, 2.75) is 26.8 Å². The molecule has 0 amide bonds. The van der Waals surface area contributed by atoms with E-state index in [9.17, 15) is 4.79 Å². The van der Waals surface area contributed by atoms with Gasteiger partial charge in [-0.1, -0.05) is 0 Å². The number of aromatic carboxylic acids is 1. The second-order valence-corrected chi connectivity index (χ2v) is 5.43. The summed E-state index contributed by atoms with van der Waals surface area (Å²) in [5.41, 5.74) is 0.148. The number of rotatable bonds is 6. The molecule has 0 radical (unpaired) electrons. The quantitative estimate of drug-likeness (QED) is 0.815. The van der Waals surface area contributed by atoms with Gasteiger partial charge in [0.25, 0.3) is 0 Å². The molecule has 0 bridgehead atoms. The van der Waals surface area contributed by atoms with Gasteiger partial charge < -0.3 is 15.3 Å². The summed E-state index contributed by atoms with van der Waals surface area (Å²) in [6.07, 6.45) is 0. The fraction of sp³-hybridized carbons (Fsp3) is 0.636. The summed E-state index contributed by atoms with van der Waals surface area (Å²) in [7, 11) is 2.06. The van der Waals surface area contributed by atoms with Gasteiger partial charge in [-0.2, -0.15) is 0 Å². The Labute approximate surface area is 105 Å². The van der Waals surface area contributed by atoms with E-state index in [4.69, 9.17) is 5.11 Å². The lowest BCUT2D eigenvalue weighted by molar-refractivity contribution is 0.0690. The van der Waals surface area contributed by atoms with Gasteiger partial charge in [0.05, 0.1) is 0 Å². The number of carboxylic acids is 1. The van der Waals surface area contributed by atoms with E-state index in [1.54, 1.807) is 6.92 Å². The molecule has 0 spiro atoms. The van der Waals surface area contributed by atoms with Crippen molar-refractivity contribution in [2.24, 2.45) is 0 Å². The van der Waals surface area contributed by atoms with E-state index in [1.807, 2.05) is 0 Å². The third kappa shape index (κ3) is 3.98. The summed E-state index contributed by atoms with van der Waals surface area (Å²) in [4.78, 5) is 17.8. The van der Waals surface area contributed by atoms with Crippen LogP contribution in [0.25, 0.3) is 0 Å². The number of nitrogens with one attached hydrogen (secondary N) is 1. The average molecular weight is 257 g/mol. The number of thiazole rings is 1. The van der Waals surface area contributed by atoms with Gasteiger partial charge >= 0.3 is 5.97 Å². The average Bonchev–Trinajstić information content (AvgIpc) is 2.59. The van der Waals surface area contributed by atoms with Crippen LogP contribution < -0.4 is 5.32 Å².